The Hall–Kier alpha value is -1.73. The predicted octanol–water partition coefficient (Wildman–Crippen LogP) is 2.40. The van der Waals surface area contributed by atoms with Gasteiger partial charge in [0.15, 0.2) is 0 Å². The third-order valence-electron chi connectivity index (χ3n) is 2.66. The van der Waals surface area contributed by atoms with Crippen LogP contribution in [0.5, 0.6) is 0 Å². The first kappa shape index (κ1) is 14.3. The predicted molar refractivity (Wildman–Crippen MR) is 72.5 cm³/mol. The van der Waals surface area contributed by atoms with Crippen molar-refractivity contribution in [2.75, 3.05) is 18.9 Å². The zero-order chi connectivity index (χ0) is 13.8. The fourth-order valence-electron chi connectivity index (χ4n) is 1.46. The quantitative estimate of drug-likeness (QED) is 0.879. The van der Waals surface area contributed by atoms with Crippen molar-refractivity contribution in [2.24, 2.45) is 5.41 Å². The lowest BCUT2D eigenvalue weighted by atomic mass is 9.92. The van der Waals surface area contributed by atoms with Crippen LogP contribution < -0.4 is 10.6 Å². The van der Waals surface area contributed by atoms with Gasteiger partial charge in [-0.1, -0.05) is 11.6 Å². The monoisotopic (exact) mass is 265 g/mol. The van der Waals surface area contributed by atoms with Gasteiger partial charge in [-0.3, -0.25) is 4.79 Å². The van der Waals surface area contributed by atoms with Crippen LogP contribution in [0, 0.1) is 16.7 Å². The highest BCUT2D eigenvalue weighted by atomic mass is 35.5. The lowest BCUT2D eigenvalue weighted by Gasteiger charge is -2.23. The minimum Gasteiger partial charge on any atom is -0.383 e. The van der Waals surface area contributed by atoms with E-state index < -0.39 is 5.41 Å². The topological polar surface area (TPSA) is 64.9 Å². The first-order valence-electron chi connectivity index (χ1n) is 5.56. The number of amides is 1. The van der Waals surface area contributed by atoms with Gasteiger partial charge in [-0.15, -0.1) is 0 Å². The highest BCUT2D eigenvalue weighted by Gasteiger charge is 2.26. The molecule has 5 heteroatoms. The molecule has 1 rings (SSSR count). The summed E-state index contributed by atoms with van der Waals surface area (Å²) < 4.78 is 0. The molecule has 0 aliphatic rings. The van der Waals surface area contributed by atoms with Gasteiger partial charge in [-0.05, 0) is 32.0 Å². The molecule has 0 heterocycles. The maximum atomic E-state index is 11.6. The second-order valence-corrected chi connectivity index (χ2v) is 5.03. The van der Waals surface area contributed by atoms with Gasteiger partial charge < -0.3 is 10.6 Å². The minimum absolute atomic E-state index is 0.0419. The van der Waals surface area contributed by atoms with Crippen LogP contribution in [-0.4, -0.2) is 19.5 Å². The maximum Gasteiger partial charge on any atom is 0.227 e. The van der Waals surface area contributed by atoms with Crippen molar-refractivity contribution in [1.82, 2.24) is 5.32 Å². The zero-order valence-electron chi connectivity index (χ0n) is 10.7. The van der Waals surface area contributed by atoms with Gasteiger partial charge >= 0.3 is 0 Å². The smallest absolute Gasteiger partial charge is 0.227 e. The number of benzene rings is 1. The number of rotatable bonds is 4. The molecule has 0 fully saturated rings. The highest BCUT2D eigenvalue weighted by molar-refractivity contribution is 6.33. The number of nitrogens with one attached hydrogen (secondary N) is 2. The SMILES string of the molecule is CNC(=O)C(C)(C)CNc1ccc(C#N)cc1Cl. The van der Waals surface area contributed by atoms with Crippen LogP contribution in [0.25, 0.3) is 0 Å². The summed E-state index contributed by atoms with van der Waals surface area (Å²) in [6.45, 7) is 4.14. The Kier molecular flexibility index (Phi) is 4.57. The van der Waals surface area contributed by atoms with E-state index in [4.69, 9.17) is 16.9 Å². The molecule has 0 radical (unpaired) electrons. The Bertz CT molecular complexity index is 491. The molecule has 0 aromatic heterocycles. The Morgan fingerprint density at radius 1 is 1.50 bits per heavy atom. The molecule has 2 N–H and O–H groups in total. The average Bonchev–Trinajstić information content (AvgIpc) is 2.36. The van der Waals surface area contributed by atoms with Crippen molar-refractivity contribution in [3.05, 3.63) is 28.8 Å². The summed E-state index contributed by atoms with van der Waals surface area (Å²) >= 11 is 6.04. The lowest BCUT2D eigenvalue weighted by Crippen LogP contribution is -2.39. The summed E-state index contributed by atoms with van der Waals surface area (Å²) in [5.74, 6) is -0.0419. The molecular weight excluding hydrogens is 250 g/mol. The standard InChI is InChI=1S/C13H16ClN3O/c1-13(2,12(18)16-3)8-17-11-5-4-9(7-15)6-10(11)14/h4-6,17H,8H2,1-3H3,(H,16,18). The molecule has 0 unspecified atom stereocenters. The Morgan fingerprint density at radius 3 is 2.67 bits per heavy atom. The van der Waals surface area contributed by atoms with E-state index in [9.17, 15) is 4.79 Å². The summed E-state index contributed by atoms with van der Waals surface area (Å²) in [6, 6.07) is 7.03. The molecule has 0 bridgehead atoms. The van der Waals surface area contributed by atoms with E-state index >= 15 is 0 Å². The van der Waals surface area contributed by atoms with Crippen molar-refractivity contribution in [1.29, 1.82) is 5.26 Å². The number of hydrogen-bond acceptors (Lipinski definition) is 3. The van der Waals surface area contributed by atoms with E-state index in [0.717, 1.165) is 0 Å². The number of nitriles is 1. The van der Waals surface area contributed by atoms with Crippen LogP contribution in [-0.2, 0) is 4.79 Å². The summed E-state index contributed by atoms with van der Waals surface area (Å²) in [6.07, 6.45) is 0. The van der Waals surface area contributed by atoms with Gasteiger partial charge in [0.1, 0.15) is 0 Å². The van der Waals surface area contributed by atoms with E-state index in [1.54, 1.807) is 25.2 Å². The summed E-state index contributed by atoms with van der Waals surface area (Å²) in [5, 5.41) is 14.9. The molecule has 1 aromatic carbocycles. The van der Waals surface area contributed by atoms with Gasteiger partial charge in [0.25, 0.3) is 0 Å². The van der Waals surface area contributed by atoms with Gasteiger partial charge in [0.05, 0.1) is 27.8 Å². The Labute approximate surface area is 112 Å². The Morgan fingerprint density at radius 2 is 2.17 bits per heavy atom. The number of carbonyl (C=O) groups is 1. The summed E-state index contributed by atoms with van der Waals surface area (Å²) in [7, 11) is 1.61. The summed E-state index contributed by atoms with van der Waals surface area (Å²) in [4.78, 5) is 11.6. The van der Waals surface area contributed by atoms with E-state index in [1.807, 2.05) is 19.9 Å². The molecule has 0 spiro atoms. The first-order chi connectivity index (χ1) is 8.40. The van der Waals surface area contributed by atoms with Crippen molar-refractivity contribution < 1.29 is 4.79 Å². The first-order valence-corrected chi connectivity index (χ1v) is 5.94. The average molecular weight is 266 g/mol. The molecule has 0 saturated carbocycles. The van der Waals surface area contributed by atoms with E-state index in [2.05, 4.69) is 10.6 Å². The van der Waals surface area contributed by atoms with Crippen LogP contribution in [0.15, 0.2) is 18.2 Å². The zero-order valence-corrected chi connectivity index (χ0v) is 11.4. The molecular formula is C13H16ClN3O. The van der Waals surface area contributed by atoms with Gasteiger partial charge in [0.2, 0.25) is 5.91 Å². The molecule has 0 atom stereocenters. The van der Waals surface area contributed by atoms with Crippen LogP contribution in [0.1, 0.15) is 19.4 Å². The number of carbonyl (C=O) groups excluding carboxylic acids is 1. The van der Waals surface area contributed by atoms with Gasteiger partial charge in [-0.2, -0.15) is 5.26 Å². The van der Waals surface area contributed by atoms with Gasteiger partial charge in [0, 0.05) is 13.6 Å². The minimum atomic E-state index is -0.536. The van der Waals surface area contributed by atoms with Gasteiger partial charge in [-0.25, -0.2) is 0 Å². The number of nitrogens with zero attached hydrogens (tertiary/aromatic N) is 1. The third kappa shape index (κ3) is 3.38. The van der Waals surface area contributed by atoms with Crippen LogP contribution >= 0.6 is 11.6 Å². The lowest BCUT2D eigenvalue weighted by molar-refractivity contribution is -0.128. The van der Waals surface area contributed by atoms with Crippen LogP contribution in [0.3, 0.4) is 0 Å². The van der Waals surface area contributed by atoms with Crippen LogP contribution in [0.4, 0.5) is 5.69 Å². The maximum absolute atomic E-state index is 11.6. The number of hydrogen-bond donors (Lipinski definition) is 2. The molecule has 0 saturated heterocycles. The van der Waals surface area contributed by atoms with E-state index in [0.29, 0.717) is 22.8 Å². The van der Waals surface area contributed by atoms with Crippen molar-refractivity contribution in [2.45, 2.75) is 13.8 Å². The van der Waals surface area contributed by atoms with Crippen molar-refractivity contribution in [3.63, 3.8) is 0 Å². The molecule has 96 valence electrons. The normalized spacial score (nSPS) is 10.6. The fourth-order valence-corrected chi connectivity index (χ4v) is 1.71. The molecule has 0 aliphatic carbocycles. The fraction of sp³-hybridized carbons (Fsp3) is 0.385. The molecule has 4 nitrogen and oxygen atoms in total. The van der Waals surface area contributed by atoms with Crippen LogP contribution in [0.2, 0.25) is 5.02 Å². The van der Waals surface area contributed by atoms with Crippen molar-refractivity contribution >= 4 is 23.2 Å². The number of halogens is 1. The Balaban J connectivity index is 2.76. The molecule has 18 heavy (non-hydrogen) atoms. The highest BCUT2D eigenvalue weighted by Crippen LogP contribution is 2.24. The number of anilines is 1. The summed E-state index contributed by atoms with van der Waals surface area (Å²) in [5.41, 5.74) is 0.690. The second kappa shape index (κ2) is 5.74. The molecule has 1 amide bonds. The van der Waals surface area contributed by atoms with E-state index in [1.165, 1.54) is 0 Å². The molecule has 0 aliphatic heterocycles. The second-order valence-electron chi connectivity index (χ2n) is 4.62. The third-order valence-corrected chi connectivity index (χ3v) is 2.97. The molecule has 1 aromatic rings. The largest absolute Gasteiger partial charge is 0.383 e. The van der Waals surface area contributed by atoms with Crippen molar-refractivity contribution in [3.8, 4) is 6.07 Å². The van der Waals surface area contributed by atoms with E-state index in [-0.39, 0.29) is 5.91 Å².